The van der Waals surface area contributed by atoms with E-state index in [1.807, 2.05) is 35.7 Å². The van der Waals surface area contributed by atoms with Crippen molar-refractivity contribution in [2.75, 3.05) is 24.6 Å². The number of nitrogens with one attached hydrogen (secondary N) is 1. The normalized spacial score (nSPS) is 15.7. The third-order valence-corrected chi connectivity index (χ3v) is 5.76. The van der Waals surface area contributed by atoms with Gasteiger partial charge >= 0.3 is 0 Å². The summed E-state index contributed by atoms with van der Waals surface area (Å²) >= 11 is 3.88. The van der Waals surface area contributed by atoms with Crippen LogP contribution in [-0.4, -0.2) is 24.6 Å². The first-order chi connectivity index (χ1) is 9.66. The maximum atomic E-state index is 13.1. The van der Waals surface area contributed by atoms with Crippen LogP contribution in [0.2, 0.25) is 0 Å². The molecule has 0 aliphatic carbocycles. The second kappa shape index (κ2) is 8.11. The maximum Gasteiger partial charge on any atom is 0.123 e. The van der Waals surface area contributed by atoms with E-state index in [9.17, 15) is 4.39 Å². The van der Waals surface area contributed by atoms with Crippen molar-refractivity contribution in [2.24, 2.45) is 5.92 Å². The first-order valence-corrected chi connectivity index (χ1v) is 9.09. The minimum absolute atomic E-state index is 0.169. The van der Waals surface area contributed by atoms with Gasteiger partial charge in [-0.1, -0.05) is 26.0 Å². The molecular formula is C16H22FNS2. The van der Waals surface area contributed by atoms with Crippen molar-refractivity contribution in [3.05, 3.63) is 39.9 Å². The van der Waals surface area contributed by atoms with Crippen LogP contribution in [0.3, 0.4) is 0 Å². The number of halogens is 1. The van der Waals surface area contributed by atoms with Gasteiger partial charge in [0.15, 0.2) is 0 Å². The molecule has 0 atom stereocenters. The summed E-state index contributed by atoms with van der Waals surface area (Å²) < 4.78 is 14.5. The Morgan fingerprint density at radius 1 is 1.20 bits per heavy atom. The second-order valence-corrected chi connectivity index (χ2v) is 7.82. The van der Waals surface area contributed by atoms with E-state index in [1.54, 1.807) is 12.1 Å². The number of hydrogen-bond donors (Lipinski definition) is 1. The molecule has 0 bridgehead atoms. The Labute approximate surface area is 129 Å². The molecule has 1 N–H and O–H groups in total. The van der Waals surface area contributed by atoms with Crippen LogP contribution in [0.25, 0.3) is 5.57 Å². The van der Waals surface area contributed by atoms with E-state index in [1.165, 1.54) is 27.7 Å². The summed E-state index contributed by atoms with van der Waals surface area (Å²) in [4.78, 5) is 0. The van der Waals surface area contributed by atoms with Crippen molar-refractivity contribution in [1.82, 2.24) is 5.32 Å². The highest BCUT2D eigenvalue weighted by Gasteiger charge is 2.14. The van der Waals surface area contributed by atoms with E-state index in [4.69, 9.17) is 0 Å². The van der Waals surface area contributed by atoms with Gasteiger partial charge in [-0.3, -0.25) is 0 Å². The van der Waals surface area contributed by atoms with E-state index in [0.29, 0.717) is 5.92 Å². The molecule has 1 nitrogen and oxygen atoms in total. The molecule has 4 heteroatoms. The fourth-order valence-corrected chi connectivity index (χ4v) is 4.73. The van der Waals surface area contributed by atoms with Crippen LogP contribution in [0.5, 0.6) is 0 Å². The number of thioether (sulfide) groups is 2. The molecule has 0 radical (unpaired) electrons. The predicted molar refractivity (Wildman–Crippen MR) is 90.6 cm³/mol. The van der Waals surface area contributed by atoms with Gasteiger partial charge in [0.25, 0.3) is 0 Å². The lowest BCUT2D eigenvalue weighted by atomic mass is 10.1. The second-order valence-electron chi connectivity index (χ2n) is 5.35. The topological polar surface area (TPSA) is 12.0 Å². The first-order valence-electron chi connectivity index (χ1n) is 7.12. The van der Waals surface area contributed by atoms with Crippen LogP contribution in [0.1, 0.15) is 25.8 Å². The van der Waals surface area contributed by atoms with Crippen LogP contribution < -0.4 is 5.32 Å². The molecule has 20 heavy (non-hydrogen) atoms. The fourth-order valence-electron chi connectivity index (χ4n) is 2.03. The zero-order valence-electron chi connectivity index (χ0n) is 12.1. The Balaban J connectivity index is 2.17. The van der Waals surface area contributed by atoms with Crippen LogP contribution in [0, 0.1) is 11.7 Å². The van der Waals surface area contributed by atoms with Gasteiger partial charge < -0.3 is 5.32 Å². The average molecular weight is 311 g/mol. The number of benzene rings is 1. The molecule has 1 aromatic carbocycles. The van der Waals surface area contributed by atoms with Gasteiger partial charge in [-0.25, -0.2) is 4.39 Å². The summed E-state index contributed by atoms with van der Waals surface area (Å²) in [5, 5.41) is 3.52. The minimum atomic E-state index is -0.169. The highest BCUT2D eigenvalue weighted by molar-refractivity contribution is 8.23. The number of rotatable bonds is 5. The van der Waals surface area contributed by atoms with E-state index in [2.05, 4.69) is 19.2 Å². The van der Waals surface area contributed by atoms with Crippen LogP contribution in [-0.2, 0) is 0 Å². The zero-order chi connectivity index (χ0) is 14.4. The highest BCUT2D eigenvalue weighted by Crippen LogP contribution is 2.40. The van der Waals surface area contributed by atoms with Crippen molar-refractivity contribution >= 4 is 29.1 Å². The third kappa shape index (κ3) is 4.83. The monoisotopic (exact) mass is 311 g/mol. The lowest BCUT2D eigenvalue weighted by molar-refractivity contribution is 0.579. The lowest BCUT2D eigenvalue weighted by Crippen LogP contribution is -2.22. The quantitative estimate of drug-likeness (QED) is 0.853. The van der Waals surface area contributed by atoms with Gasteiger partial charge in [-0.05, 0) is 53.7 Å². The highest BCUT2D eigenvalue weighted by atomic mass is 32.2. The van der Waals surface area contributed by atoms with Gasteiger partial charge in [0, 0.05) is 10.8 Å². The van der Waals surface area contributed by atoms with Gasteiger partial charge in [0.05, 0.1) is 0 Å². The Kier molecular flexibility index (Phi) is 6.46. The van der Waals surface area contributed by atoms with Gasteiger partial charge in [0.2, 0.25) is 0 Å². The Hall–Kier alpha value is -0.450. The summed E-state index contributed by atoms with van der Waals surface area (Å²) in [6, 6.07) is 6.89. The molecule has 1 aromatic rings. The molecule has 2 rings (SSSR count). The third-order valence-electron chi connectivity index (χ3n) is 3.05. The molecule has 1 aliphatic heterocycles. The molecule has 1 heterocycles. The van der Waals surface area contributed by atoms with Crippen molar-refractivity contribution < 1.29 is 4.39 Å². The van der Waals surface area contributed by atoms with E-state index < -0.39 is 0 Å². The molecule has 0 unspecified atom stereocenters. The van der Waals surface area contributed by atoms with E-state index in [-0.39, 0.29) is 5.82 Å². The molecule has 0 amide bonds. The summed E-state index contributed by atoms with van der Waals surface area (Å²) in [6.45, 7) is 6.29. The van der Waals surface area contributed by atoms with Crippen molar-refractivity contribution in [3.63, 3.8) is 0 Å². The molecule has 110 valence electrons. The minimum Gasteiger partial charge on any atom is -0.312 e. The summed E-state index contributed by atoms with van der Waals surface area (Å²) in [5.74, 6) is 2.85. The standard InChI is InChI=1S/C16H22FNS2/c1-12(2)10-18-11-15(16-19-8-3-9-20-16)13-4-6-14(17)7-5-13/h4-7,12,18H,3,8-11H2,1-2H3. The van der Waals surface area contributed by atoms with E-state index in [0.717, 1.165) is 18.7 Å². The first kappa shape index (κ1) is 15.9. The molecule has 1 aliphatic rings. The smallest absolute Gasteiger partial charge is 0.123 e. The van der Waals surface area contributed by atoms with Gasteiger partial charge in [-0.2, -0.15) is 0 Å². The number of hydrogen-bond acceptors (Lipinski definition) is 3. The zero-order valence-corrected chi connectivity index (χ0v) is 13.7. The molecule has 0 spiro atoms. The van der Waals surface area contributed by atoms with E-state index >= 15 is 0 Å². The Morgan fingerprint density at radius 3 is 2.45 bits per heavy atom. The van der Waals surface area contributed by atoms with Crippen molar-refractivity contribution in [3.8, 4) is 0 Å². The van der Waals surface area contributed by atoms with Gasteiger partial charge in [0.1, 0.15) is 5.82 Å². The Bertz CT molecular complexity index is 446. The predicted octanol–water partition coefficient (Wildman–Crippen LogP) is 4.61. The summed E-state index contributed by atoms with van der Waals surface area (Å²) in [5.41, 5.74) is 2.46. The Morgan fingerprint density at radius 2 is 1.85 bits per heavy atom. The lowest BCUT2D eigenvalue weighted by Gasteiger charge is -2.19. The van der Waals surface area contributed by atoms with Gasteiger partial charge in [-0.15, -0.1) is 23.5 Å². The van der Waals surface area contributed by atoms with Crippen LogP contribution >= 0.6 is 23.5 Å². The molecular weight excluding hydrogens is 289 g/mol. The van der Waals surface area contributed by atoms with Crippen molar-refractivity contribution in [1.29, 1.82) is 0 Å². The van der Waals surface area contributed by atoms with Crippen molar-refractivity contribution in [2.45, 2.75) is 20.3 Å². The molecule has 0 aromatic heterocycles. The summed E-state index contributed by atoms with van der Waals surface area (Å²) in [7, 11) is 0. The average Bonchev–Trinajstić information content (AvgIpc) is 2.46. The molecule has 1 saturated heterocycles. The summed E-state index contributed by atoms with van der Waals surface area (Å²) in [6.07, 6.45) is 1.27. The molecule has 1 fully saturated rings. The van der Waals surface area contributed by atoms with Crippen LogP contribution in [0.4, 0.5) is 4.39 Å². The largest absolute Gasteiger partial charge is 0.312 e. The fraction of sp³-hybridized carbons (Fsp3) is 0.500. The SMILES string of the molecule is CC(C)CNCC(=C1SCCCS1)c1ccc(F)cc1. The molecule has 0 saturated carbocycles. The van der Waals surface area contributed by atoms with Crippen LogP contribution in [0.15, 0.2) is 28.5 Å². The maximum absolute atomic E-state index is 13.1.